The summed E-state index contributed by atoms with van der Waals surface area (Å²) in [5.74, 6) is -0.132. The summed E-state index contributed by atoms with van der Waals surface area (Å²) in [6.45, 7) is 10.6. The van der Waals surface area contributed by atoms with Crippen LogP contribution in [0.1, 0.15) is 68.9 Å². The second-order valence-electron chi connectivity index (χ2n) is 9.40. The maximum Gasteiger partial charge on any atom is 0.255 e. The monoisotopic (exact) mass is 428 g/mol. The normalized spacial score (nSPS) is 17.1. The van der Waals surface area contributed by atoms with Gasteiger partial charge in [0.05, 0.1) is 11.4 Å². The van der Waals surface area contributed by atoms with E-state index >= 15 is 0 Å². The van der Waals surface area contributed by atoms with Crippen molar-refractivity contribution in [2.45, 2.75) is 58.3 Å². The van der Waals surface area contributed by atoms with E-state index in [1.165, 1.54) is 22.5 Å². The number of carbonyl (C=O) groups is 1. The second kappa shape index (κ2) is 7.73. The van der Waals surface area contributed by atoms with Crippen molar-refractivity contribution < 1.29 is 13.2 Å². The van der Waals surface area contributed by atoms with Gasteiger partial charge < -0.3 is 5.32 Å². The van der Waals surface area contributed by atoms with Gasteiger partial charge in [-0.3, -0.25) is 9.10 Å². The Kier molecular flexibility index (Phi) is 5.76. The molecule has 1 amide bonds. The third-order valence-electron chi connectivity index (χ3n) is 6.39. The Morgan fingerprint density at radius 3 is 2.10 bits per heavy atom. The maximum absolute atomic E-state index is 12.9. The standard InChI is InChI=1S/C24H32N2O3S/c1-7-30(28,29)26(6)19-11-9-18(10-12-19)25-22(27)17-8-13-20-21(16-17)24(4,5)15-14-23(20,2)3/h8-13,16H,7,14-15H2,1-6H3,(H,25,27). The molecule has 0 saturated carbocycles. The molecule has 0 spiro atoms. The van der Waals surface area contributed by atoms with Crippen LogP contribution in [0.25, 0.3) is 0 Å². The molecule has 0 heterocycles. The first-order valence-electron chi connectivity index (χ1n) is 10.4. The van der Waals surface area contributed by atoms with Gasteiger partial charge in [0.1, 0.15) is 0 Å². The van der Waals surface area contributed by atoms with Gasteiger partial charge in [-0.1, -0.05) is 33.8 Å². The molecule has 1 aliphatic carbocycles. The van der Waals surface area contributed by atoms with Crippen LogP contribution in [-0.2, 0) is 20.9 Å². The van der Waals surface area contributed by atoms with Crippen molar-refractivity contribution in [3.63, 3.8) is 0 Å². The quantitative estimate of drug-likeness (QED) is 0.723. The summed E-state index contributed by atoms with van der Waals surface area (Å²) in [6, 6.07) is 12.9. The highest BCUT2D eigenvalue weighted by Gasteiger charge is 2.37. The molecule has 30 heavy (non-hydrogen) atoms. The van der Waals surface area contributed by atoms with Crippen LogP contribution in [0, 0.1) is 0 Å². The van der Waals surface area contributed by atoms with Gasteiger partial charge in [-0.2, -0.15) is 0 Å². The molecule has 1 aliphatic rings. The Morgan fingerprint density at radius 2 is 1.53 bits per heavy atom. The van der Waals surface area contributed by atoms with Crippen LogP contribution < -0.4 is 9.62 Å². The zero-order chi connectivity index (χ0) is 22.3. The Balaban J connectivity index is 1.82. The third-order valence-corrected chi connectivity index (χ3v) is 8.16. The van der Waals surface area contributed by atoms with Gasteiger partial charge in [0.25, 0.3) is 5.91 Å². The predicted octanol–water partition coefficient (Wildman–Crippen LogP) is 5.07. The van der Waals surface area contributed by atoms with Crippen LogP contribution >= 0.6 is 0 Å². The van der Waals surface area contributed by atoms with Crippen LogP contribution in [0.4, 0.5) is 11.4 Å². The first-order valence-corrected chi connectivity index (χ1v) is 12.0. The summed E-state index contributed by atoms with van der Waals surface area (Å²) in [5.41, 5.74) is 4.54. The Bertz CT molecular complexity index is 1050. The van der Waals surface area contributed by atoms with Crippen molar-refractivity contribution in [2.24, 2.45) is 0 Å². The summed E-state index contributed by atoms with van der Waals surface area (Å²) in [6.07, 6.45) is 2.22. The molecule has 2 aromatic carbocycles. The van der Waals surface area contributed by atoms with Crippen LogP contribution in [0.2, 0.25) is 0 Å². The molecular weight excluding hydrogens is 396 g/mol. The molecule has 0 fully saturated rings. The van der Waals surface area contributed by atoms with Crippen LogP contribution in [-0.4, -0.2) is 27.1 Å². The number of nitrogens with zero attached hydrogens (tertiary/aromatic N) is 1. The van der Waals surface area contributed by atoms with Crippen molar-refractivity contribution in [3.05, 3.63) is 59.2 Å². The SMILES string of the molecule is CCS(=O)(=O)N(C)c1ccc(NC(=O)c2ccc3c(c2)C(C)(C)CCC3(C)C)cc1. The number of fused-ring (bicyclic) bond motifs is 1. The van der Waals surface area contributed by atoms with Gasteiger partial charge in [0.15, 0.2) is 0 Å². The van der Waals surface area contributed by atoms with E-state index in [0.717, 1.165) is 12.8 Å². The number of rotatable bonds is 5. The van der Waals surface area contributed by atoms with E-state index in [4.69, 9.17) is 0 Å². The molecular formula is C24H32N2O3S. The van der Waals surface area contributed by atoms with Crippen molar-refractivity contribution >= 4 is 27.3 Å². The third kappa shape index (κ3) is 4.24. The Morgan fingerprint density at radius 1 is 0.967 bits per heavy atom. The van der Waals surface area contributed by atoms with Gasteiger partial charge in [-0.25, -0.2) is 8.42 Å². The lowest BCUT2D eigenvalue weighted by Crippen LogP contribution is -2.34. The number of anilines is 2. The molecule has 1 N–H and O–H groups in total. The summed E-state index contributed by atoms with van der Waals surface area (Å²) in [4.78, 5) is 12.9. The molecule has 0 saturated heterocycles. The van der Waals surface area contributed by atoms with E-state index in [9.17, 15) is 13.2 Å². The summed E-state index contributed by atoms with van der Waals surface area (Å²) in [7, 11) is -1.78. The fourth-order valence-corrected chi connectivity index (χ4v) is 4.87. The van der Waals surface area contributed by atoms with Gasteiger partial charge in [-0.15, -0.1) is 0 Å². The number of sulfonamides is 1. The van der Waals surface area contributed by atoms with E-state index in [0.29, 0.717) is 16.9 Å². The fourth-order valence-electron chi connectivity index (χ4n) is 4.04. The summed E-state index contributed by atoms with van der Waals surface area (Å²) < 4.78 is 25.3. The number of amides is 1. The smallest absolute Gasteiger partial charge is 0.255 e. The molecule has 0 aliphatic heterocycles. The highest BCUT2D eigenvalue weighted by atomic mass is 32.2. The number of hydrogen-bond donors (Lipinski definition) is 1. The molecule has 0 bridgehead atoms. The zero-order valence-electron chi connectivity index (χ0n) is 18.7. The Labute approximate surface area is 180 Å². The predicted molar refractivity (Wildman–Crippen MR) is 124 cm³/mol. The molecule has 5 nitrogen and oxygen atoms in total. The van der Waals surface area contributed by atoms with Crippen LogP contribution in [0.3, 0.4) is 0 Å². The van der Waals surface area contributed by atoms with Crippen molar-refractivity contribution in [1.82, 2.24) is 0 Å². The lowest BCUT2D eigenvalue weighted by Gasteiger charge is -2.42. The largest absolute Gasteiger partial charge is 0.322 e. The van der Waals surface area contributed by atoms with Crippen LogP contribution in [0.5, 0.6) is 0 Å². The Hall–Kier alpha value is -2.34. The molecule has 0 unspecified atom stereocenters. The maximum atomic E-state index is 12.9. The molecule has 6 heteroatoms. The highest BCUT2D eigenvalue weighted by Crippen LogP contribution is 2.45. The second-order valence-corrected chi connectivity index (χ2v) is 11.7. The fraction of sp³-hybridized carbons (Fsp3) is 0.458. The number of benzene rings is 2. The average molecular weight is 429 g/mol. The van der Waals surface area contributed by atoms with E-state index in [1.54, 1.807) is 31.2 Å². The van der Waals surface area contributed by atoms with Crippen LogP contribution in [0.15, 0.2) is 42.5 Å². The molecule has 3 rings (SSSR count). The molecule has 0 atom stereocenters. The highest BCUT2D eigenvalue weighted by molar-refractivity contribution is 7.92. The van der Waals surface area contributed by atoms with E-state index in [1.807, 2.05) is 12.1 Å². The number of carbonyl (C=O) groups excluding carboxylic acids is 1. The van der Waals surface area contributed by atoms with Gasteiger partial charge >= 0.3 is 0 Å². The topological polar surface area (TPSA) is 66.5 Å². The zero-order valence-corrected chi connectivity index (χ0v) is 19.6. The molecule has 2 aromatic rings. The lowest BCUT2D eigenvalue weighted by molar-refractivity contribution is 0.102. The first-order chi connectivity index (χ1) is 13.9. The summed E-state index contributed by atoms with van der Waals surface area (Å²) >= 11 is 0. The van der Waals surface area contributed by atoms with E-state index in [2.05, 4.69) is 39.1 Å². The number of hydrogen-bond acceptors (Lipinski definition) is 3. The van der Waals surface area contributed by atoms with Crippen molar-refractivity contribution in [1.29, 1.82) is 0 Å². The van der Waals surface area contributed by atoms with E-state index < -0.39 is 10.0 Å². The minimum absolute atomic E-state index is 0.0352. The average Bonchev–Trinajstić information content (AvgIpc) is 2.71. The summed E-state index contributed by atoms with van der Waals surface area (Å²) in [5, 5.41) is 2.93. The van der Waals surface area contributed by atoms with Crippen molar-refractivity contribution in [2.75, 3.05) is 22.4 Å². The molecule has 0 aromatic heterocycles. The number of nitrogens with one attached hydrogen (secondary N) is 1. The molecule has 162 valence electrons. The lowest BCUT2D eigenvalue weighted by atomic mass is 9.63. The van der Waals surface area contributed by atoms with Crippen molar-refractivity contribution in [3.8, 4) is 0 Å². The van der Waals surface area contributed by atoms with Gasteiger partial charge in [0.2, 0.25) is 10.0 Å². The van der Waals surface area contributed by atoms with E-state index in [-0.39, 0.29) is 22.5 Å². The van der Waals surface area contributed by atoms with Gasteiger partial charge in [0, 0.05) is 18.3 Å². The minimum atomic E-state index is -3.31. The molecule has 0 radical (unpaired) electrons. The van der Waals surface area contributed by atoms with Gasteiger partial charge in [-0.05, 0) is 78.1 Å². The first kappa shape index (κ1) is 22.3. The minimum Gasteiger partial charge on any atom is -0.322 e.